The average molecular weight is 559 g/mol. The number of hydroxylamine groups is 1. The number of amides is 3. The Hall–Kier alpha value is -3.69. The van der Waals surface area contributed by atoms with Gasteiger partial charge in [0.2, 0.25) is 11.8 Å². The van der Waals surface area contributed by atoms with Gasteiger partial charge in [0.25, 0.3) is 5.97 Å². The Morgan fingerprint density at radius 3 is 2.18 bits per heavy atom. The summed E-state index contributed by atoms with van der Waals surface area (Å²) >= 11 is 0.585. The fourth-order valence-corrected chi connectivity index (χ4v) is 3.26. The zero-order valence-corrected chi connectivity index (χ0v) is 22.2. The molecule has 0 unspecified atom stereocenters. The fourth-order valence-electron chi connectivity index (χ4n) is 2.49. The van der Waals surface area contributed by atoms with Crippen molar-refractivity contribution >= 4 is 52.4 Å². The van der Waals surface area contributed by atoms with Gasteiger partial charge in [0.1, 0.15) is 18.6 Å². The average Bonchev–Trinajstić information content (AvgIpc) is 2.88. The molecule has 14 nitrogen and oxygen atoms in total. The number of hydrogen-bond acceptors (Lipinski definition) is 11. The number of aliphatic carboxylic acids is 1. The van der Waals surface area contributed by atoms with Gasteiger partial charge in [0.05, 0.1) is 18.9 Å². The first-order valence-corrected chi connectivity index (χ1v) is 12.5. The van der Waals surface area contributed by atoms with E-state index < -0.39 is 53.6 Å². The number of nitrogens with two attached hydrogens (primary N) is 1. The van der Waals surface area contributed by atoms with Gasteiger partial charge in [-0.3, -0.25) is 34.0 Å². The van der Waals surface area contributed by atoms with E-state index in [2.05, 4.69) is 10.6 Å². The van der Waals surface area contributed by atoms with Gasteiger partial charge in [0, 0.05) is 19.1 Å². The predicted octanol–water partition coefficient (Wildman–Crippen LogP) is 0.661. The summed E-state index contributed by atoms with van der Waals surface area (Å²) in [6, 6.07) is 5.76. The summed E-state index contributed by atoms with van der Waals surface area (Å²) in [5.74, 6) is -3.74. The minimum Gasteiger partial charge on any atom is -0.481 e. The molecular weight excluding hydrogens is 524 g/mol. The Balaban J connectivity index is 0.00000318. The predicted molar refractivity (Wildman–Crippen MR) is 137 cm³/mol. The fraction of sp³-hybridized carbons (Fsp3) is 0.478. The van der Waals surface area contributed by atoms with E-state index in [-0.39, 0.29) is 37.5 Å². The van der Waals surface area contributed by atoms with Gasteiger partial charge < -0.3 is 30.9 Å². The second kappa shape index (κ2) is 19.4. The van der Waals surface area contributed by atoms with Gasteiger partial charge in [-0.1, -0.05) is 30.0 Å². The molecule has 1 aromatic carbocycles. The van der Waals surface area contributed by atoms with Crippen LogP contribution in [0.5, 0.6) is 0 Å². The number of anilines is 1. The number of nitrogens with one attached hydrogen (secondary N) is 2. The first-order valence-electron chi connectivity index (χ1n) is 11.5. The summed E-state index contributed by atoms with van der Waals surface area (Å²) < 4.78 is 9.52. The molecule has 0 aliphatic rings. The zero-order valence-electron chi connectivity index (χ0n) is 21.4. The molecule has 15 heteroatoms. The van der Waals surface area contributed by atoms with Crippen LogP contribution < -0.4 is 21.4 Å². The second-order valence-electron chi connectivity index (χ2n) is 7.28. The van der Waals surface area contributed by atoms with Crippen molar-refractivity contribution in [1.29, 1.82) is 0 Å². The van der Waals surface area contributed by atoms with E-state index in [1.807, 2.05) is 0 Å². The molecule has 2 atom stereocenters. The molecule has 0 bridgehead atoms. The molecule has 0 aromatic heterocycles. The van der Waals surface area contributed by atoms with E-state index in [1.165, 1.54) is 12.1 Å². The van der Waals surface area contributed by atoms with E-state index >= 15 is 0 Å². The van der Waals surface area contributed by atoms with Crippen molar-refractivity contribution < 1.29 is 48.6 Å². The lowest BCUT2D eigenvalue weighted by Crippen LogP contribution is -2.50. The molecule has 38 heavy (non-hydrogen) atoms. The maximum atomic E-state index is 12.5. The smallest absolute Gasteiger partial charge is 0.325 e. The minimum absolute atomic E-state index is 0.0215. The number of carboxylic acid groups (broad SMARTS) is 1. The molecule has 0 fully saturated rings. The molecular formula is C23H34N4O10S. The van der Waals surface area contributed by atoms with Gasteiger partial charge in [-0.15, -0.1) is 0 Å². The molecule has 0 aliphatic heterocycles. The molecule has 0 heterocycles. The summed E-state index contributed by atoms with van der Waals surface area (Å²) in [5, 5.41) is 21.9. The standard InChI is InChI=1S/C21H30N4O8S.C2H4O2/c1-3-32-18(27)12-23-19(28)16(24-17(26)11-10-15(22)20(29)33-4-2)13-34-21(30)25(31)14-8-6-5-7-9-14;1-2(3)4/h5-9,15-16,31H,3-4,10-13,22H2,1-2H3,(H,23,28)(H,24,26);1H3,(H,3,4)/t15-,16-;/m0./s1. The van der Waals surface area contributed by atoms with E-state index in [0.717, 1.165) is 6.92 Å². The van der Waals surface area contributed by atoms with Crippen molar-refractivity contribution in [3.63, 3.8) is 0 Å². The van der Waals surface area contributed by atoms with Crippen LogP contribution in [0.15, 0.2) is 30.3 Å². The third-order valence-electron chi connectivity index (χ3n) is 4.18. The first kappa shape index (κ1) is 34.3. The highest BCUT2D eigenvalue weighted by Crippen LogP contribution is 2.17. The van der Waals surface area contributed by atoms with Crippen molar-refractivity contribution in [2.75, 3.05) is 30.6 Å². The van der Waals surface area contributed by atoms with Crippen molar-refractivity contribution in [3.8, 4) is 0 Å². The highest BCUT2D eigenvalue weighted by Gasteiger charge is 2.25. The minimum atomic E-state index is -1.22. The molecule has 212 valence electrons. The number of rotatable bonds is 13. The number of benzene rings is 1. The Morgan fingerprint density at radius 1 is 1.05 bits per heavy atom. The van der Waals surface area contributed by atoms with Crippen molar-refractivity contribution in [2.24, 2.45) is 5.73 Å². The van der Waals surface area contributed by atoms with Crippen molar-refractivity contribution in [2.45, 2.75) is 45.7 Å². The number of carbonyl (C=O) groups is 6. The number of esters is 2. The molecule has 0 radical (unpaired) electrons. The van der Waals surface area contributed by atoms with Crippen LogP contribution >= 0.6 is 11.8 Å². The number of ether oxygens (including phenoxy) is 2. The third-order valence-corrected chi connectivity index (χ3v) is 5.10. The van der Waals surface area contributed by atoms with E-state index in [0.29, 0.717) is 16.8 Å². The van der Waals surface area contributed by atoms with Crippen LogP contribution in [0.2, 0.25) is 0 Å². The maximum Gasteiger partial charge on any atom is 0.325 e. The first-order chi connectivity index (χ1) is 17.9. The van der Waals surface area contributed by atoms with E-state index in [9.17, 15) is 29.2 Å². The van der Waals surface area contributed by atoms with Crippen LogP contribution in [-0.2, 0) is 33.4 Å². The normalized spacial score (nSPS) is 11.5. The van der Waals surface area contributed by atoms with Crippen LogP contribution in [0.1, 0.15) is 33.6 Å². The van der Waals surface area contributed by atoms with Gasteiger partial charge >= 0.3 is 17.2 Å². The quantitative estimate of drug-likeness (QED) is 0.128. The Kier molecular flexibility index (Phi) is 17.5. The van der Waals surface area contributed by atoms with Crippen molar-refractivity contribution in [1.82, 2.24) is 10.6 Å². The molecule has 1 aromatic rings. The largest absolute Gasteiger partial charge is 0.481 e. The highest BCUT2D eigenvalue weighted by molar-refractivity contribution is 8.13. The lowest BCUT2D eigenvalue weighted by atomic mass is 10.1. The van der Waals surface area contributed by atoms with Crippen molar-refractivity contribution in [3.05, 3.63) is 30.3 Å². The van der Waals surface area contributed by atoms with Gasteiger partial charge in [-0.2, -0.15) is 5.06 Å². The summed E-state index contributed by atoms with van der Waals surface area (Å²) in [5.41, 5.74) is 5.89. The number of nitrogens with zero attached hydrogens (tertiary/aromatic N) is 1. The van der Waals surface area contributed by atoms with Gasteiger partial charge in [-0.05, 0) is 32.4 Å². The number of carboxylic acids is 1. The molecule has 1 rings (SSSR count). The van der Waals surface area contributed by atoms with Gasteiger partial charge in [0.15, 0.2) is 0 Å². The monoisotopic (exact) mass is 558 g/mol. The molecule has 0 aliphatic carbocycles. The Morgan fingerprint density at radius 2 is 1.63 bits per heavy atom. The number of para-hydroxylation sites is 1. The van der Waals surface area contributed by atoms with Gasteiger partial charge in [-0.25, -0.2) is 0 Å². The van der Waals surface area contributed by atoms with Crippen LogP contribution in [0.3, 0.4) is 0 Å². The molecule has 0 saturated heterocycles. The molecule has 3 amide bonds. The Labute approximate surface area is 224 Å². The summed E-state index contributed by atoms with van der Waals surface area (Å²) in [6.45, 7) is 4.17. The zero-order chi connectivity index (χ0) is 29.1. The lowest BCUT2D eigenvalue weighted by Gasteiger charge is -2.20. The number of hydrogen-bond donors (Lipinski definition) is 5. The topological polar surface area (TPSA) is 215 Å². The van der Waals surface area contributed by atoms with Crippen LogP contribution in [0.4, 0.5) is 10.5 Å². The third kappa shape index (κ3) is 15.4. The Bertz CT molecular complexity index is 928. The molecule has 0 spiro atoms. The number of carbonyl (C=O) groups excluding carboxylic acids is 5. The molecule has 6 N–H and O–H groups in total. The summed E-state index contributed by atoms with van der Waals surface area (Å²) in [7, 11) is 0. The SMILES string of the molecule is CC(=O)O.CCOC(=O)CNC(=O)[C@H](CSC(=O)N(O)c1ccccc1)NC(=O)CC[C@H](N)C(=O)OCC. The number of thioether (sulfide) groups is 1. The van der Waals surface area contributed by atoms with E-state index in [4.69, 9.17) is 25.1 Å². The molecule has 0 saturated carbocycles. The van der Waals surface area contributed by atoms with Crippen LogP contribution in [0, 0.1) is 0 Å². The second-order valence-corrected chi connectivity index (χ2v) is 8.25. The van der Waals surface area contributed by atoms with E-state index in [1.54, 1.807) is 32.0 Å². The highest BCUT2D eigenvalue weighted by atomic mass is 32.2. The maximum absolute atomic E-state index is 12.5. The summed E-state index contributed by atoms with van der Waals surface area (Å²) in [4.78, 5) is 69.3. The van der Waals surface area contributed by atoms with Crippen LogP contribution in [-0.4, -0.2) is 82.9 Å². The van der Waals surface area contributed by atoms with Crippen LogP contribution in [0.25, 0.3) is 0 Å². The lowest BCUT2D eigenvalue weighted by molar-refractivity contribution is -0.145. The summed E-state index contributed by atoms with van der Waals surface area (Å²) in [6.07, 6.45) is -0.206.